The maximum atomic E-state index is 13.1. The molecule has 0 aliphatic carbocycles. The highest BCUT2D eigenvalue weighted by molar-refractivity contribution is 9.10. The number of anilines is 1. The van der Waals surface area contributed by atoms with E-state index in [-0.39, 0.29) is 23.8 Å². The number of benzene rings is 2. The highest BCUT2D eigenvalue weighted by Gasteiger charge is 2.36. The van der Waals surface area contributed by atoms with Gasteiger partial charge in [0.1, 0.15) is 6.54 Å². The van der Waals surface area contributed by atoms with E-state index in [1.165, 1.54) is 0 Å². The molecule has 5 rings (SSSR count). The van der Waals surface area contributed by atoms with Gasteiger partial charge in [-0.25, -0.2) is 4.90 Å². The number of aromatic nitrogens is 1. The summed E-state index contributed by atoms with van der Waals surface area (Å²) in [4.78, 5) is 39.8. The summed E-state index contributed by atoms with van der Waals surface area (Å²) in [6.45, 7) is 1.36. The molecule has 0 spiro atoms. The summed E-state index contributed by atoms with van der Waals surface area (Å²) in [7, 11) is 0. The molecule has 1 N–H and O–H groups in total. The van der Waals surface area contributed by atoms with Crippen molar-refractivity contribution < 1.29 is 19.1 Å². The molecule has 180 valence electrons. The van der Waals surface area contributed by atoms with Gasteiger partial charge in [-0.05, 0) is 73.1 Å². The summed E-state index contributed by atoms with van der Waals surface area (Å²) in [5, 5.41) is 3.96. The van der Waals surface area contributed by atoms with Crippen LogP contribution in [0.4, 0.5) is 10.5 Å². The van der Waals surface area contributed by atoms with Crippen molar-refractivity contribution in [1.82, 2.24) is 9.88 Å². The zero-order valence-corrected chi connectivity index (χ0v) is 21.7. The maximum Gasteiger partial charge on any atom is 0.298 e. The van der Waals surface area contributed by atoms with E-state index in [4.69, 9.17) is 16.3 Å². The van der Waals surface area contributed by atoms with Crippen molar-refractivity contribution in [1.29, 1.82) is 0 Å². The predicted molar refractivity (Wildman–Crippen MR) is 142 cm³/mol. The molecule has 0 radical (unpaired) electrons. The van der Waals surface area contributed by atoms with Crippen LogP contribution >= 0.6 is 39.3 Å². The molecule has 7 nitrogen and oxygen atoms in total. The van der Waals surface area contributed by atoms with E-state index in [1.54, 1.807) is 30.3 Å². The molecule has 3 heterocycles. The Morgan fingerprint density at radius 2 is 2.03 bits per heavy atom. The number of ether oxygens (including phenoxy) is 1. The number of carbonyl (C=O) groups excluding carboxylic acids is 3. The highest BCUT2D eigenvalue weighted by atomic mass is 79.9. The van der Waals surface area contributed by atoms with E-state index >= 15 is 0 Å². The molecular weight excluding hydrogens is 554 g/mol. The van der Waals surface area contributed by atoms with Gasteiger partial charge in [-0.1, -0.05) is 27.5 Å². The number of carbonyl (C=O) groups is 3. The topological polar surface area (TPSA) is 80.6 Å². The Kier molecular flexibility index (Phi) is 7.02. The number of halogens is 2. The smallest absolute Gasteiger partial charge is 0.298 e. The van der Waals surface area contributed by atoms with Gasteiger partial charge in [0.25, 0.3) is 11.1 Å². The number of imide groups is 1. The fourth-order valence-corrected chi connectivity index (χ4v) is 5.53. The van der Waals surface area contributed by atoms with Gasteiger partial charge >= 0.3 is 0 Å². The van der Waals surface area contributed by atoms with Crippen LogP contribution in [0.3, 0.4) is 0 Å². The third kappa shape index (κ3) is 5.18. The van der Waals surface area contributed by atoms with Crippen LogP contribution in [-0.2, 0) is 20.9 Å². The minimum Gasteiger partial charge on any atom is -0.376 e. The monoisotopic (exact) mass is 573 g/mol. The lowest BCUT2D eigenvalue weighted by molar-refractivity contribution is -0.122. The van der Waals surface area contributed by atoms with Crippen LogP contribution in [0.2, 0.25) is 5.02 Å². The van der Waals surface area contributed by atoms with E-state index in [1.807, 2.05) is 29.0 Å². The van der Waals surface area contributed by atoms with Gasteiger partial charge in [0.05, 0.1) is 16.7 Å². The van der Waals surface area contributed by atoms with Gasteiger partial charge < -0.3 is 14.6 Å². The van der Waals surface area contributed by atoms with Crippen molar-refractivity contribution in [2.24, 2.45) is 0 Å². The van der Waals surface area contributed by atoms with Crippen LogP contribution < -0.4 is 10.2 Å². The first kappa shape index (κ1) is 24.1. The lowest BCUT2D eigenvalue weighted by Crippen LogP contribution is -2.34. The summed E-state index contributed by atoms with van der Waals surface area (Å²) in [5.74, 6) is -0.512. The molecule has 10 heteroatoms. The average Bonchev–Trinajstić information content (AvgIpc) is 3.53. The number of nitrogens with zero attached hydrogens (tertiary/aromatic N) is 2. The number of fused-ring (bicyclic) bond motifs is 1. The Bertz CT molecular complexity index is 1350. The standard InChI is InChI=1S/C25H21BrClN3O4S/c26-16-3-8-21-20(11-16)15(13-29(21)14-23(31)28-12-19-2-1-9-34-19)10-22-24(32)30(25(33)35-22)18-6-4-17(27)5-7-18/h3-8,10-11,13,19H,1-2,9,12,14H2,(H,28,31)/b22-10-/t19-/m1/s1. The summed E-state index contributed by atoms with van der Waals surface area (Å²) in [5.41, 5.74) is 2.06. The van der Waals surface area contributed by atoms with Crippen molar-refractivity contribution in [2.45, 2.75) is 25.5 Å². The summed E-state index contributed by atoms with van der Waals surface area (Å²) in [6.07, 6.45) is 5.58. The first-order valence-corrected chi connectivity index (χ1v) is 13.1. The fraction of sp³-hybridized carbons (Fsp3) is 0.240. The first-order chi connectivity index (χ1) is 16.9. The van der Waals surface area contributed by atoms with Gasteiger partial charge in [-0.2, -0.15) is 0 Å². The first-order valence-electron chi connectivity index (χ1n) is 11.1. The van der Waals surface area contributed by atoms with Crippen LogP contribution in [0.25, 0.3) is 17.0 Å². The highest BCUT2D eigenvalue weighted by Crippen LogP contribution is 2.37. The number of hydrogen-bond acceptors (Lipinski definition) is 5. The number of amides is 3. The molecule has 35 heavy (non-hydrogen) atoms. The van der Waals surface area contributed by atoms with Crippen molar-refractivity contribution >= 4 is 79.0 Å². The van der Waals surface area contributed by atoms with Crippen LogP contribution in [-0.4, -0.2) is 40.9 Å². The van der Waals surface area contributed by atoms with Crippen molar-refractivity contribution in [3.8, 4) is 0 Å². The average molecular weight is 575 g/mol. The van der Waals surface area contributed by atoms with Crippen LogP contribution in [0.1, 0.15) is 18.4 Å². The van der Waals surface area contributed by atoms with Gasteiger partial charge in [-0.3, -0.25) is 14.4 Å². The Hall–Kier alpha value is -2.59. The van der Waals surface area contributed by atoms with E-state index in [2.05, 4.69) is 21.2 Å². The SMILES string of the molecule is O=C(Cn1cc(/C=C2\SC(=O)N(c3ccc(Cl)cc3)C2=O)c2cc(Br)ccc21)NC[C@H]1CCCO1. The Morgan fingerprint density at radius 3 is 2.77 bits per heavy atom. The number of thioether (sulfide) groups is 1. The Labute approximate surface area is 219 Å². The summed E-state index contributed by atoms with van der Waals surface area (Å²) >= 11 is 10.3. The third-order valence-electron chi connectivity index (χ3n) is 5.90. The number of nitrogens with one attached hydrogen (secondary N) is 1. The summed E-state index contributed by atoms with van der Waals surface area (Å²) in [6, 6.07) is 12.3. The van der Waals surface area contributed by atoms with Gasteiger partial charge in [0.15, 0.2) is 0 Å². The van der Waals surface area contributed by atoms with Crippen LogP contribution in [0.15, 0.2) is 58.0 Å². The lowest BCUT2D eigenvalue weighted by Gasteiger charge is -2.12. The second-order valence-corrected chi connectivity index (χ2v) is 10.7. The zero-order chi connectivity index (χ0) is 24.5. The fourth-order valence-electron chi connectivity index (χ4n) is 4.21. The molecule has 2 aliphatic heterocycles. The molecule has 1 aromatic heterocycles. The minimum atomic E-state index is -0.396. The second kappa shape index (κ2) is 10.2. The van der Waals surface area contributed by atoms with E-state index in [0.717, 1.165) is 57.0 Å². The molecule has 2 fully saturated rings. The van der Waals surface area contributed by atoms with E-state index < -0.39 is 5.91 Å². The number of hydrogen-bond donors (Lipinski definition) is 1. The quantitative estimate of drug-likeness (QED) is 0.388. The molecule has 3 aromatic rings. The van der Waals surface area contributed by atoms with Crippen molar-refractivity contribution in [3.05, 3.63) is 68.6 Å². The van der Waals surface area contributed by atoms with E-state index in [0.29, 0.717) is 22.2 Å². The normalized spacial score (nSPS) is 19.3. The van der Waals surface area contributed by atoms with Gasteiger partial charge in [0.2, 0.25) is 5.91 Å². The van der Waals surface area contributed by atoms with Crippen molar-refractivity contribution in [2.75, 3.05) is 18.1 Å². The van der Waals surface area contributed by atoms with Crippen LogP contribution in [0.5, 0.6) is 0 Å². The molecular formula is C25H21BrClN3O4S. The minimum absolute atomic E-state index is 0.0723. The van der Waals surface area contributed by atoms with Gasteiger partial charge in [-0.15, -0.1) is 0 Å². The predicted octanol–water partition coefficient (Wildman–Crippen LogP) is 5.59. The molecule has 0 saturated carbocycles. The van der Waals surface area contributed by atoms with Gasteiger partial charge in [0, 0.05) is 45.3 Å². The third-order valence-corrected chi connectivity index (χ3v) is 7.52. The van der Waals surface area contributed by atoms with Crippen molar-refractivity contribution in [3.63, 3.8) is 0 Å². The molecule has 3 amide bonds. The number of rotatable bonds is 6. The molecule has 2 aliphatic rings. The van der Waals surface area contributed by atoms with Crippen LogP contribution in [0, 0.1) is 0 Å². The molecule has 1 atom stereocenters. The molecule has 0 bridgehead atoms. The molecule has 2 saturated heterocycles. The zero-order valence-electron chi connectivity index (χ0n) is 18.5. The Balaban J connectivity index is 1.41. The molecule has 0 unspecified atom stereocenters. The largest absolute Gasteiger partial charge is 0.376 e. The molecule has 2 aromatic carbocycles. The van der Waals surface area contributed by atoms with E-state index in [9.17, 15) is 14.4 Å². The maximum absolute atomic E-state index is 13.1. The lowest BCUT2D eigenvalue weighted by atomic mass is 10.1. The second-order valence-electron chi connectivity index (χ2n) is 8.31. The summed E-state index contributed by atoms with van der Waals surface area (Å²) < 4.78 is 8.29. The Morgan fingerprint density at radius 1 is 1.23 bits per heavy atom.